The molecule has 4 aliphatic rings. The molecule has 3 aliphatic carbocycles. The molecule has 5 nitrogen and oxygen atoms in total. The lowest BCUT2D eigenvalue weighted by Crippen LogP contribution is -2.57. The number of imide groups is 1. The summed E-state index contributed by atoms with van der Waals surface area (Å²) in [6.45, 7) is 3.80. The van der Waals surface area contributed by atoms with Crippen molar-refractivity contribution in [2.75, 3.05) is 11.9 Å². The summed E-state index contributed by atoms with van der Waals surface area (Å²) in [7, 11) is 0. The lowest BCUT2D eigenvalue weighted by Gasteiger charge is -2.54. The predicted octanol–water partition coefficient (Wildman–Crippen LogP) is 5.99. The average molecular weight is 598 g/mol. The molecule has 188 valence electrons. The van der Waals surface area contributed by atoms with Gasteiger partial charge in [-0.25, -0.2) is 0 Å². The van der Waals surface area contributed by atoms with Crippen LogP contribution in [0.5, 0.6) is 0 Å². The van der Waals surface area contributed by atoms with Crippen molar-refractivity contribution in [3.05, 3.63) is 98.5 Å². The topological polar surface area (TPSA) is 66.5 Å². The molecule has 3 amide bonds. The van der Waals surface area contributed by atoms with E-state index in [1.165, 1.54) is 4.90 Å². The third-order valence-corrected chi connectivity index (χ3v) is 10.2. The second-order valence-electron chi connectivity index (χ2n) is 10.0. The van der Waals surface area contributed by atoms with Gasteiger partial charge < -0.3 is 5.32 Å². The Morgan fingerprint density at radius 3 is 1.78 bits per heavy atom. The van der Waals surface area contributed by atoms with Crippen LogP contribution in [0.15, 0.2) is 65.1 Å². The minimum atomic E-state index is -1.22. The highest BCUT2D eigenvalue weighted by Gasteiger charge is 2.72. The number of likely N-dealkylation sites (tertiary alicyclic amines) is 1. The number of hydrogen-bond donors (Lipinski definition) is 1. The van der Waals surface area contributed by atoms with Crippen molar-refractivity contribution in [1.29, 1.82) is 0 Å². The van der Waals surface area contributed by atoms with Gasteiger partial charge in [0, 0.05) is 23.1 Å². The summed E-state index contributed by atoms with van der Waals surface area (Å²) in [6, 6.07) is 18.9. The fourth-order valence-electron chi connectivity index (χ4n) is 6.29. The summed E-state index contributed by atoms with van der Waals surface area (Å²) in [6.07, 6.45) is -0.0318. The molecule has 8 heteroatoms. The second kappa shape index (κ2) is 8.42. The molecule has 2 atom stereocenters. The second-order valence-corrected chi connectivity index (χ2v) is 12.1. The first-order chi connectivity index (χ1) is 17.6. The summed E-state index contributed by atoms with van der Waals surface area (Å²) < 4.78 is 0.959. The van der Waals surface area contributed by atoms with E-state index >= 15 is 0 Å². The van der Waals surface area contributed by atoms with E-state index in [1.54, 1.807) is 0 Å². The molecular formula is C29H23BrCl2N2O3. The molecular weight excluding hydrogens is 575 g/mol. The highest BCUT2D eigenvalue weighted by Crippen LogP contribution is 2.69. The van der Waals surface area contributed by atoms with E-state index in [4.69, 9.17) is 23.2 Å². The Bertz CT molecular complexity index is 1400. The van der Waals surface area contributed by atoms with Crippen LogP contribution in [-0.4, -0.2) is 29.2 Å². The van der Waals surface area contributed by atoms with Crippen LogP contribution in [0.2, 0.25) is 0 Å². The lowest BCUT2D eigenvalue weighted by molar-refractivity contribution is -0.140. The molecule has 0 unspecified atom stereocenters. The Morgan fingerprint density at radius 2 is 1.32 bits per heavy atom. The van der Waals surface area contributed by atoms with E-state index in [0.29, 0.717) is 5.69 Å². The van der Waals surface area contributed by atoms with Crippen LogP contribution in [0.4, 0.5) is 5.69 Å². The van der Waals surface area contributed by atoms with E-state index in [2.05, 4.69) is 21.2 Å². The number of nitrogens with one attached hydrogen (secondary N) is 1. The molecule has 3 aromatic rings. The molecule has 3 aromatic carbocycles. The minimum absolute atomic E-state index is 0.0318. The molecule has 0 radical (unpaired) electrons. The Morgan fingerprint density at radius 1 is 0.865 bits per heavy atom. The van der Waals surface area contributed by atoms with E-state index in [-0.39, 0.29) is 30.7 Å². The van der Waals surface area contributed by atoms with Crippen LogP contribution in [0.25, 0.3) is 0 Å². The van der Waals surface area contributed by atoms with Crippen molar-refractivity contribution in [1.82, 2.24) is 4.90 Å². The van der Waals surface area contributed by atoms with Crippen molar-refractivity contribution in [2.45, 2.75) is 30.0 Å². The predicted molar refractivity (Wildman–Crippen MR) is 147 cm³/mol. The zero-order valence-corrected chi connectivity index (χ0v) is 23.2. The van der Waals surface area contributed by atoms with Gasteiger partial charge >= 0.3 is 0 Å². The lowest BCUT2D eigenvalue weighted by atomic mass is 9.54. The SMILES string of the molecule is Cc1cc(NC(=O)CCN2C(=O)[C@@H]3[C@H](C2=O)C2(Cl)c4ccccc4C3(Cl)c3ccccc32)c(C)cc1Br. The summed E-state index contributed by atoms with van der Waals surface area (Å²) in [5, 5.41) is 2.91. The Kier molecular flexibility index (Phi) is 5.61. The summed E-state index contributed by atoms with van der Waals surface area (Å²) >= 11 is 18.3. The summed E-state index contributed by atoms with van der Waals surface area (Å²) in [4.78, 5) is 39.3. The number of amides is 3. The first-order valence-corrected chi connectivity index (χ1v) is 13.6. The summed E-state index contributed by atoms with van der Waals surface area (Å²) in [5.74, 6) is -2.77. The fourth-order valence-corrected chi connectivity index (χ4v) is 7.84. The minimum Gasteiger partial charge on any atom is -0.326 e. The fraction of sp³-hybridized carbons (Fsp3) is 0.276. The van der Waals surface area contributed by atoms with Crippen LogP contribution in [0.1, 0.15) is 39.8 Å². The van der Waals surface area contributed by atoms with Gasteiger partial charge in [0.2, 0.25) is 17.7 Å². The van der Waals surface area contributed by atoms with E-state index < -0.39 is 21.6 Å². The first kappa shape index (κ1) is 24.7. The zero-order valence-electron chi connectivity index (χ0n) is 20.1. The van der Waals surface area contributed by atoms with Gasteiger partial charge in [-0.3, -0.25) is 19.3 Å². The normalized spacial score (nSPS) is 27.1. The van der Waals surface area contributed by atoms with Crippen molar-refractivity contribution in [3.63, 3.8) is 0 Å². The van der Waals surface area contributed by atoms with E-state index in [0.717, 1.165) is 37.9 Å². The third-order valence-electron chi connectivity index (χ3n) is 8.02. The standard InChI is InChI=1S/C29H23BrCl2N2O3/c1-15-14-22(16(2)13-21(15)30)33-23(35)11-12-34-26(36)24-25(27(34)37)29(32)18-8-4-3-7-17(18)28(24,31)19-9-5-6-10-20(19)29/h3-10,13-14,24-25H,11-12H2,1-2H3,(H,33,35)/t24-,25+,28?,29?. The quantitative estimate of drug-likeness (QED) is 0.297. The number of aryl methyl sites for hydroxylation is 2. The van der Waals surface area contributed by atoms with Gasteiger partial charge in [0.1, 0.15) is 9.75 Å². The number of carbonyl (C=O) groups is 3. The van der Waals surface area contributed by atoms with Gasteiger partial charge in [0.05, 0.1) is 11.8 Å². The number of hydrogen-bond acceptors (Lipinski definition) is 3. The Balaban J connectivity index is 1.32. The molecule has 7 rings (SSSR count). The van der Waals surface area contributed by atoms with Gasteiger partial charge in [-0.15, -0.1) is 23.2 Å². The van der Waals surface area contributed by atoms with Crippen molar-refractivity contribution >= 4 is 62.5 Å². The number of carbonyl (C=O) groups excluding carboxylic acids is 3. The Hall–Kier alpha value is -2.67. The molecule has 1 aliphatic heterocycles. The maximum absolute atomic E-state index is 13.8. The number of anilines is 1. The molecule has 37 heavy (non-hydrogen) atoms. The number of rotatable bonds is 4. The van der Waals surface area contributed by atoms with Crippen molar-refractivity contribution in [3.8, 4) is 0 Å². The number of nitrogens with zero attached hydrogens (tertiary/aromatic N) is 1. The highest BCUT2D eigenvalue weighted by atomic mass is 79.9. The smallest absolute Gasteiger partial charge is 0.235 e. The molecule has 0 spiro atoms. The Labute approximate surface area is 233 Å². The first-order valence-electron chi connectivity index (χ1n) is 12.1. The van der Waals surface area contributed by atoms with Crippen molar-refractivity contribution in [2.24, 2.45) is 11.8 Å². The van der Waals surface area contributed by atoms with Crippen LogP contribution in [-0.2, 0) is 24.1 Å². The molecule has 0 saturated carbocycles. The zero-order chi connectivity index (χ0) is 26.3. The van der Waals surface area contributed by atoms with Crippen LogP contribution in [0, 0.1) is 25.7 Å². The monoisotopic (exact) mass is 596 g/mol. The molecule has 1 N–H and O–H groups in total. The number of alkyl halides is 2. The average Bonchev–Trinajstić information content (AvgIpc) is 3.15. The number of benzene rings is 3. The van der Waals surface area contributed by atoms with Gasteiger partial charge in [-0.1, -0.05) is 64.5 Å². The highest BCUT2D eigenvalue weighted by molar-refractivity contribution is 9.10. The van der Waals surface area contributed by atoms with E-state index in [1.807, 2.05) is 74.5 Å². The molecule has 1 fully saturated rings. The van der Waals surface area contributed by atoms with Gasteiger partial charge in [0.25, 0.3) is 0 Å². The molecule has 2 bridgehead atoms. The van der Waals surface area contributed by atoms with Gasteiger partial charge in [-0.2, -0.15) is 0 Å². The third kappa shape index (κ3) is 3.25. The van der Waals surface area contributed by atoms with Crippen LogP contribution in [0.3, 0.4) is 0 Å². The molecule has 1 saturated heterocycles. The van der Waals surface area contributed by atoms with Gasteiger partial charge in [0.15, 0.2) is 0 Å². The van der Waals surface area contributed by atoms with Crippen molar-refractivity contribution < 1.29 is 14.4 Å². The number of halogens is 3. The molecule has 0 aromatic heterocycles. The van der Waals surface area contributed by atoms with Crippen LogP contribution < -0.4 is 5.32 Å². The maximum Gasteiger partial charge on any atom is 0.235 e. The summed E-state index contributed by atoms with van der Waals surface area (Å²) in [5.41, 5.74) is 5.63. The largest absolute Gasteiger partial charge is 0.326 e. The maximum atomic E-state index is 13.8. The molecule has 1 heterocycles. The van der Waals surface area contributed by atoms with Gasteiger partial charge in [-0.05, 0) is 59.4 Å². The van der Waals surface area contributed by atoms with Crippen LogP contribution >= 0.6 is 39.1 Å². The van der Waals surface area contributed by atoms with E-state index in [9.17, 15) is 14.4 Å².